The maximum absolute atomic E-state index is 9.87. The smallest absolute Gasteiger partial charge is 0.322 e. The van der Waals surface area contributed by atoms with Crippen molar-refractivity contribution in [3.63, 3.8) is 0 Å². The number of nitrogens with one attached hydrogen (secondary N) is 1. The Morgan fingerprint density at radius 3 is 2.58 bits per heavy atom. The molecular weight excluding hydrogens is 476 g/mol. The summed E-state index contributed by atoms with van der Waals surface area (Å²) in [5.74, 6) is 0.835. The number of hydrogen-bond acceptors (Lipinski definition) is 7. The number of pyridine rings is 1. The molecule has 2 aromatic carbocycles. The second-order valence-corrected chi connectivity index (χ2v) is 10.3. The predicted molar refractivity (Wildman–Crippen MR) is 148 cm³/mol. The highest BCUT2D eigenvalue weighted by Gasteiger charge is 2.23. The summed E-state index contributed by atoms with van der Waals surface area (Å²) in [7, 11) is 0. The van der Waals surface area contributed by atoms with Crippen molar-refractivity contribution in [3.05, 3.63) is 78.0 Å². The van der Waals surface area contributed by atoms with Gasteiger partial charge in [-0.2, -0.15) is 19.6 Å². The number of hydrogen-bond donors (Lipinski definition) is 2. The minimum absolute atomic E-state index is 0.00109. The van der Waals surface area contributed by atoms with Crippen LogP contribution in [0.5, 0.6) is 6.01 Å². The molecule has 1 fully saturated rings. The fraction of sp³-hybridized carbons (Fsp3) is 0.333. The van der Waals surface area contributed by atoms with Gasteiger partial charge in [-0.15, -0.1) is 0 Å². The first-order valence-corrected chi connectivity index (χ1v) is 13.3. The molecule has 0 atom stereocenters. The van der Waals surface area contributed by atoms with Gasteiger partial charge in [0.25, 0.3) is 0 Å². The molecule has 0 aliphatic heterocycles. The SMILES string of the molecule is CC(C)c1cnn2c(NCc3ccccc3-c3ccc4ccccc4n3)nc(O[C@H]3CC[C@@H](O)CC3)nc12. The second-order valence-electron chi connectivity index (χ2n) is 10.3. The number of aliphatic hydroxyl groups excluding tert-OH is 1. The molecule has 38 heavy (non-hydrogen) atoms. The van der Waals surface area contributed by atoms with Crippen LogP contribution in [0.15, 0.2) is 66.9 Å². The summed E-state index contributed by atoms with van der Waals surface area (Å²) in [4.78, 5) is 14.4. The van der Waals surface area contributed by atoms with E-state index in [2.05, 4.69) is 54.6 Å². The van der Waals surface area contributed by atoms with Crippen molar-refractivity contribution in [1.82, 2.24) is 24.6 Å². The largest absolute Gasteiger partial charge is 0.460 e. The van der Waals surface area contributed by atoms with E-state index >= 15 is 0 Å². The number of anilines is 1. The second kappa shape index (κ2) is 10.4. The van der Waals surface area contributed by atoms with Gasteiger partial charge < -0.3 is 15.2 Å². The summed E-state index contributed by atoms with van der Waals surface area (Å²) in [6.45, 7) is 4.78. The number of aliphatic hydroxyl groups is 1. The number of fused-ring (bicyclic) bond motifs is 2. The molecule has 0 radical (unpaired) electrons. The van der Waals surface area contributed by atoms with E-state index in [4.69, 9.17) is 19.7 Å². The van der Waals surface area contributed by atoms with Crippen molar-refractivity contribution in [2.24, 2.45) is 0 Å². The first-order chi connectivity index (χ1) is 18.5. The fourth-order valence-electron chi connectivity index (χ4n) is 5.08. The maximum Gasteiger partial charge on any atom is 0.322 e. The number of rotatable bonds is 7. The molecule has 1 aliphatic carbocycles. The molecule has 1 saturated carbocycles. The summed E-state index contributed by atoms with van der Waals surface area (Å²) >= 11 is 0. The Balaban J connectivity index is 1.31. The van der Waals surface area contributed by atoms with E-state index in [0.717, 1.165) is 64.6 Å². The lowest BCUT2D eigenvalue weighted by Gasteiger charge is -2.25. The van der Waals surface area contributed by atoms with E-state index in [0.29, 0.717) is 18.5 Å². The van der Waals surface area contributed by atoms with Gasteiger partial charge in [0, 0.05) is 23.1 Å². The molecule has 6 rings (SSSR count). The van der Waals surface area contributed by atoms with Crippen LogP contribution in [-0.4, -0.2) is 41.9 Å². The van der Waals surface area contributed by atoms with Crippen LogP contribution in [0.3, 0.4) is 0 Å². The van der Waals surface area contributed by atoms with Crippen molar-refractivity contribution in [1.29, 1.82) is 0 Å². The number of ether oxygens (including phenoxy) is 1. The molecule has 3 heterocycles. The maximum atomic E-state index is 9.87. The Morgan fingerprint density at radius 2 is 1.74 bits per heavy atom. The molecule has 0 saturated heterocycles. The molecule has 194 valence electrons. The number of aromatic nitrogens is 5. The van der Waals surface area contributed by atoms with Crippen LogP contribution >= 0.6 is 0 Å². The Kier molecular flexibility index (Phi) is 6.64. The lowest BCUT2D eigenvalue weighted by molar-refractivity contribution is 0.0619. The third kappa shape index (κ3) is 4.91. The van der Waals surface area contributed by atoms with Gasteiger partial charge in [-0.3, -0.25) is 0 Å². The molecule has 8 heteroatoms. The zero-order valence-corrected chi connectivity index (χ0v) is 21.7. The van der Waals surface area contributed by atoms with Crippen molar-refractivity contribution in [2.75, 3.05) is 5.32 Å². The van der Waals surface area contributed by atoms with E-state index in [-0.39, 0.29) is 18.1 Å². The average molecular weight is 509 g/mol. The van der Waals surface area contributed by atoms with Gasteiger partial charge in [0.15, 0.2) is 5.65 Å². The van der Waals surface area contributed by atoms with Crippen LogP contribution in [0.1, 0.15) is 56.6 Å². The highest BCUT2D eigenvalue weighted by molar-refractivity contribution is 5.82. The van der Waals surface area contributed by atoms with Gasteiger partial charge in [0.1, 0.15) is 6.10 Å². The van der Waals surface area contributed by atoms with Crippen LogP contribution in [-0.2, 0) is 6.54 Å². The van der Waals surface area contributed by atoms with Gasteiger partial charge in [-0.25, -0.2) is 4.98 Å². The third-order valence-electron chi connectivity index (χ3n) is 7.24. The molecular formula is C30H32N6O2. The first-order valence-electron chi connectivity index (χ1n) is 13.3. The molecule has 8 nitrogen and oxygen atoms in total. The summed E-state index contributed by atoms with van der Waals surface area (Å²) < 4.78 is 7.97. The molecule has 1 aliphatic rings. The molecule has 0 amide bonds. The van der Waals surface area contributed by atoms with E-state index in [1.54, 1.807) is 4.52 Å². The van der Waals surface area contributed by atoms with Crippen molar-refractivity contribution in [3.8, 4) is 17.3 Å². The minimum Gasteiger partial charge on any atom is -0.460 e. The molecule has 3 aromatic heterocycles. The van der Waals surface area contributed by atoms with Crippen LogP contribution < -0.4 is 10.1 Å². The molecule has 2 N–H and O–H groups in total. The zero-order chi connectivity index (χ0) is 26.1. The topological polar surface area (TPSA) is 97.5 Å². The molecule has 0 unspecified atom stereocenters. The fourth-order valence-corrected chi connectivity index (χ4v) is 5.08. The molecule has 5 aromatic rings. The normalized spacial score (nSPS) is 17.8. The zero-order valence-electron chi connectivity index (χ0n) is 21.7. The predicted octanol–water partition coefficient (Wildman–Crippen LogP) is 5.76. The Morgan fingerprint density at radius 1 is 0.947 bits per heavy atom. The van der Waals surface area contributed by atoms with Gasteiger partial charge in [-0.05, 0) is 49.3 Å². The van der Waals surface area contributed by atoms with Crippen LogP contribution in [0.4, 0.5) is 5.95 Å². The van der Waals surface area contributed by atoms with Crippen LogP contribution in [0.25, 0.3) is 27.8 Å². The standard InChI is InChI=1S/C30H32N6O2/c1-19(2)25-18-32-36-28(25)34-30(38-23-14-12-22(37)13-15-23)35-29(36)31-17-21-8-3-5-9-24(21)27-16-11-20-7-4-6-10-26(20)33-27/h3-11,16,18-19,22-23,37H,12-15,17H2,1-2H3,(H,31,34,35)/t22-,23+. The van der Waals surface area contributed by atoms with Crippen LogP contribution in [0.2, 0.25) is 0 Å². The lowest BCUT2D eigenvalue weighted by atomic mass is 9.95. The summed E-state index contributed by atoms with van der Waals surface area (Å²) in [5.41, 5.74) is 5.85. The van der Waals surface area contributed by atoms with Crippen molar-refractivity contribution in [2.45, 2.75) is 64.2 Å². The highest BCUT2D eigenvalue weighted by Crippen LogP contribution is 2.28. The van der Waals surface area contributed by atoms with Gasteiger partial charge in [0.2, 0.25) is 5.95 Å². The number of para-hydroxylation sites is 1. The highest BCUT2D eigenvalue weighted by atomic mass is 16.5. The third-order valence-corrected chi connectivity index (χ3v) is 7.24. The summed E-state index contributed by atoms with van der Waals surface area (Å²) in [6.07, 6.45) is 4.67. The van der Waals surface area contributed by atoms with E-state index in [9.17, 15) is 5.11 Å². The number of nitrogens with zero attached hydrogens (tertiary/aromatic N) is 5. The minimum atomic E-state index is -0.241. The molecule has 0 bridgehead atoms. The number of benzene rings is 2. The van der Waals surface area contributed by atoms with Crippen LogP contribution in [0, 0.1) is 0 Å². The summed E-state index contributed by atoms with van der Waals surface area (Å²) in [5, 5.41) is 19.1. The van der Waals surface area contributed by atoms with E-state index in [1.165, 1.54) is 0 Å². The van der Waals surface area contributed by atoms with E-state index < -0.39 is 0 Å². The van der Waals surface area contributed by atoms with Gasteiger partial charge in [-0.1, -0.05) is 62.4 Å². The molecule has 0 spiro atoms. The Hall–Kier alpha value is -4.04. The lowest BCUT2D eigenvalue weighted by Crippen LogP contribution is -2.27. The first kappa shape index (κ1) is 24.3. The monoisotopic (exact) mass is 508 g/mol. The Bertz CT molecular complexity index is 1570. The van der Waals surface area contributed by atoms with Crippen molar-refractivity contribution >= 4 is 22.5 Å². The quantitative estimate of drug-likeness (QED) is 0.289. The van der Waals surface area contributed by atoms with E-state index in [1.807, 2.05) is 36.5 Å². The van der Waals surface area contributed by atoms with Gasteiger partial charge >= 0.3 is 6.01 Å². The summed E-state index contributed by atoms with van der Waals surface area (Å²) in [6, 6.07) is 20.9. The Labute approximate surface area is 221 Å². The van der Waals surface area contributed by atoms with Gasteiger partial charge in [0.05, 0.1) is 23.5 Å². The average Bonchev–Trinajstić information content (AvgIpc) is 3.37. The van der Waals surface area contributed by atoms with Crippen molar-refractivity contribution < 1.29 is 9.84 Å².